The van der Waals surface area contributed by atoms with Crippen LogP contribution in [0.4, 0.5) is 0 Å². The molecule has 4 heteroatoms. The maximum absolute atomic E-state index is 5.18. The number of hydrogen-bond acceptors (Lipinski definition) is 3. The second-order valence-corrected chi connectivity index (χ2v) is 15.2. The molecule has 0 bridgehead atoms. The highest BCUT2D eigenvalue weighted by atomic mass is 15.0. The Labute approximate surface area is 325 Å². The fourth-order valence-corrected chi connectivity index (χ4v) is 9.02. The molecule has 0 fully saturated rings. The summed E-state index contributed by atoms with van der Waals surface area (Å²) in [6.45, 7) is 4.72. The van der Waals surface area contributed by atoms with Crippen molar-refractivity contribution in [2.24, 2.45) is 0 Å². The van der Waals surface area contributed by atoms with Crippen molar-refractivity contribution in [2.45, 2.75) is 19.3 Å². The second kappa shape index (κ2) is 12.4. The van der Waals surface area contributed by atoms with E-state index >= 15 is 0 Å². The first kappa shape index (κ1) is 32.3. The predicted octanol–water partition coefficient (Wildman–Crippen LogP) is 13.1. The van der Waals surface area contributed by atoms with Gasteiger partial charge in [-0.2, -0.15) is 0 Å². The lowest BCUT2D eigenvalue weighted by molar-refractivity contribution is 0.666. The third-order valence-corrected chi connectivity index (χ3v) is 11.6. The lowest BCUT2D eigenvalue weighted by Gasteiger charge is -2.24. The summed E-state index contributed by atoms with van der Waals surface area (Å²) in [4.78, 5) is 15.4. The van der Waals surface area contributed by atoms with Gasteiger partial charge in [0.05, 0.1) is 11.0 Å². The molecule has 0 N–H and O–H groups in total. The zero-order chi connectivity index (χ0) is 37.4. The molecule has 8 aromatic carbocycles. The SMILES string of the molecule is CC1(C)c2ccccc2-c2c(-c3cccc(-c4nc(-c5ccccc5)nc(-c5ccc(-n6c7ccccc7c7ccccc76)cc5)n4)c3)cc3ccccc3c21. The van der Waals surface area contributed by atoms with Crippen LogP contribution in [0.3, 0.4) is 0 Å². The van der Waals surface area contributed by atoms with Crippen LogP contribution < -0.4 is 0 Å². The zero-order valence-corrected chi connectivity index (χ0v) is 31.1. The molecule has 1 aliphatic carbocycles. The Kier molecular flexibility index (Phi) is 7.17. The highest BCUT2D eigenvalue weighted by Gasteiger charge is 2.38. The quantitative estimate of drug-likeness (QED) is 0.178. The zero-order valence-electron chi connectivity index (χ0n) is 31.1. The first-order valence-electron chi connectivity index (χ1n) is 19.2. The van der Waals surface area contributed by atoms with Crippen LogP contribution in [0, 0.1) is 0 Å². The molecule has 0 saturated heterocycles. The molecule has 0 atom stereocenters. The Morgan fingerprint density at radius 1 is 0.411 bits per heavy atom. The van der Waals surface area contributed by atoms with Gasteiger partial charge < -0.3 is 4.57 Å². The standard InChI is InChI=1S/C52H36N4/c1-52(2)44-24-11-8-23-42(44)47-43(32-36-17-6-7-20-39(36)48(47)52)35-18-14-19-37(31-35)51-54-49(33-15-4-3-5-16-33)53-50(55-51)34-27-29-38(30-28-34)56-45-25-12-9-21-40(45)41-22-10-13-26-46(41)56/h3-32H,1-2H3. The van der Waals surface area contributed by atoms with Gasteiger partial charge in [0, 0.05) is 38.6 Å². The summed E-state index contributed by atoms with van der Waals surface area (Å²) >= 11 is 0. The summed E-state index contributed by atoms with van der Waals surface area (Å²) in [7, 11) is 0. The van der Waals surface area contributed by atoms with Crippen LogP contribution in [-0.2, 0) is 5.41 Å². The van der Waals surface area contributed by atoms with Crippen LogP contribution in [0.2, 0.25) is 0 Å². The van der Waals surface area contributed by atoms with Gasteiger partial charge in [0.2, 0.25) is 0 Å². The van der Waals surface area contributed by atoms with Crippen LogP contribution in [-0.4, -0.2) is 19.5 Å². The number of rotatable bonds is 5. The lowest BCUT2D eigenvalue weighted by Crippen LogP contribution is -2.15. The van der Waals surface area contributed by atoms with Crippen molar-refractivity contribution in [1.29, 1.82) is 0 Å². The van der Waals surface area contributed by atoms with Gasteiger partial charge in [-0.25, -0.2) is 15.0 Å². The maximum Gasteiger partial charge on any atom is 0.164 e. The van der Waals surface area contributed by atoms with E-state index in [-0.39, 0.29) is 5.41 Å². The maximum atomic E-state index is 5.18. The highest BCUT2D eigenvalue weighted by molar-refractivity contribution is 6.09. The Morgan fingerprint density at radius 2 is 0.946 bits per heavy atom. The van der Waals surface area contributed by atoms with Crippen LogP contribution in [0.15, 0.2) is 182 Å². The molecule has 0 aliphatic heterocycles. The van der Waals surface area contributed by atoms with Gasteiger partial charge in [-0.3, -0.25) is 0 Å². The van der Waals surface area contributed by atoms with E-state index in [0.717, 1.165) is 27.9 Å². The van der Waals surface area contributed by atoms with E-state index in [1.54, 1.807) is 0 Å². The van der Waals surface area contributed by atoms with Crippen LogP contribution in [0.5, 0.6) is 0 Å². The molecular formula is C52H36N4. The van der Waals surface area contributed by atoms with E-state index in [1.807, 2.05) is 18.2 Å². The molecule has 0 spiro atoms. The molecule has 4 nitrogen and oxygen atoms in total. The number of benzene rings is 8. The average molecular weight is 717 g/mol. The topological polar surface area (TPSA) is 43.6 Å². The van der Waals surface area contributed by atoms with Gasteiger partial charge in [0.1, 0.15) is 0 Å². The minimum absolute atomic E-state index is 0.135. The largest absolute Gasteiger partial charge is 0.309 e. The van der Waals surface area contributed by atoms with E-state index in [2.05, 4.69) is 182 Å². The summed E-state index contributed by atoms with van der Waals surface area (Å²) in [6, 6.07) is 64.7. The summed E-state index contributed by atoms with van der Waals surface area (Å²) in [5.74, 6) is 1.92. The molecule has 56 heavy (non-hydrogen) atoms. The predicted molar refractivity (Wildman–Crippen MR) is 231 cm³/mol. The van der Waals surface area contributed by atoms with Gasteiger partial charge in [0.15, 0.2) is 17.5 Å². The number of fused-ring (bicyclic) bond motifs is 8. The molecule has 11 rings (SSSR count). The van der Waals surface area contributed by atoms with Crippen LogP contribution in [0.25, 0.3) is 94.7 Å². The van der Waals surface area contributed by atoms with Gasteiger partial charge >= 0.3 is 0 Å². The summed E-state index contributed by atoms with van der Waals surface area (Å²) in [5, 5.41) is 5.03. The smallest absolute Gasteiger partial charge is 0.164 e. The number of hydrogen-bond donors (Lipinski definition) is 0. The third-order valence-electron chi connectivity index (χ3n) is 11.6. The molecule has 0 saturated carbocycles. The Balaban J connectivity index is 1.06. The van der Waals surface area contributed by atoms with E-state index < -0.39 is 0 Å². The van der Waals surface area contributed by atoms with Gasteiger partial charge in [0.25, 0.3) is 0 Å². The normalized spacial score (nSPS) is 13.0. The summed E-state index contributed by atoms with van der Waals surface area (Å²) < 4.78 is 2.33. The summed E-state index contributed by atoms with van der Waals surface area (Å²) in [6.07, 6.45) is 0. The monoisotopic (exact) mass is 716 g/mol. The average Bonchev–Trinajstić information content (AvgIpc) is 3.72. The second-order valence-electron chi connectivity index (χ2n) is 15.2. The van der Waals surface area contributed by atoms with Gasteiger partial charge in [-0.05, 0) is 92.7 Å². The van der Waals surface area contributed by atoms with Gasteiger partial charge in [-0.15, -0.1) is 0 Å². The molecule has 264 valence electrons. The Morgan fingerprint density at radius 3 is 1.66 bits per heavy atom. The van der Waals surface area contributed by atoms with Crippen molar-refractivity contribution in [2.75, 3.05) is 0 Å². The molecule has 10 aromatic rings. The Hall–Kier alpha value is -7.17. The number of aromatic nitrogens is 4. The van der Waals surface area contributed by atoms with Crippen LogP contribution >= 0.6 is 0 Å². The van der Waals surface area contributed by atoms with Crippen molar-refractivity contribution in [1.82, 2.24) is 19.5 Å². The van der Waals surface area contributed by atoms with E-state index in [4.69, 9.17) is 15.0 Å². The van der Waals surface area contributed by atoms with E-state index in [9.17, 15) is 0 Å². The number of para-hydroxylation sites is 2. The van der Waals surface area contributed by atoms with E-state index in [0.29, 0.717) is 17.5 Å². The fraction of sp³-hybridized carbons (Fsp3) is 0.0577. The molecule has 2 heterocycles. The first-order chi connectivity index (χ1) is 27.5. The molecule has 2 aromatic heterocycles. The fourth-order valence-electron chi connectivity index (χ4n) is 9.02. The molecule has 0 unspecified atom stereocenters. The molecule has 1 aliphatic rings. The minimum atomic E-state index is -0.135. The lowest BCUT2D eigenvalue weighted by atomic mass is 9.79. The summed E-state index contributed by atoms with van der Waals surface area (Å²) in [5.41, 5.74) is 13.8. The van der Waals surface area contributed by atoms with Crippen molar-refractivity contribution in [3.63, 3.8) is 0 Å². The first-order valence-corrected chi connectivity index (χ1v) is 19.2. The van der Waals surface area contributed by atoms with Gasteiger partial charge in [-0.1, -0.05) is 147 Å². The molecule has 0 amide bonds. The third kappa shape index (κ3) is 4.96. The van der Waals surface area contributed by atoms with Crippen molar-refractivity contribution < 1.29 is 0 Å². The minimum Gasteiger partial charge on any atom is -0.309 e. The van der Waals surface area contributed by atoms with E-state index in [1.165, 1.54) is 60.4 Å². The van der Waals surface area contributed by atoms with Crippen molar-refractivity contribution in [3.05, 3.63) is 193 Å². The molecular weight excluding hydrogens is 681 g/mol. The Bertz CT molecular complexity index is 3100. The van der Waals surface area contributed by atoms with Crippen molar-refractivity contribution >= 4 is 32.6 Å². The highest BCUT2D eigenvalue weighted by Crippen LogP contribution is 2.54. The number of nitrogens with zero attached hydrogens (tertiary/aromatic N) is 4. The molecule has 0 radical (unpaired) electrons. The van der Waals surface area contributed by atoms with Crippen LogP contribution in [0.1, 0.15) is 25.0 Å². The van der Waals surface area contributed by atoms with Crippen molar-refractivity contribution in [3.8, 4) is 62.1 Å².